The molecule has 1 N–H and O–H groups in total. The molecule has 0 unspecified atom stereocenters. The van der Waals surface area contributed by atoms with Gasteiger partial charge in [0.1, 0.15) is 10.9 Å². The highest BCUT2D eigenvalue weighted by molar-refractivity contribution is 6.29. The number of pyridine rings is 1. The average Bonchev–Trinajstić information content (AvgIpc) is 2.39. The van der Waals surface area contributed by atoms with Crippen LogP contribution in [0.4, 0.5) is 5.69 Å². The first-order valence-electron chi connectivity index (χ1n) is 6.24. The molecule has 0 bridgehead atoms. The Balaban J connectivity index is 1.91. The van der Waals surface area contributed by atoms with E-state index in [2.05, 4.69) is 10.3 Å². The number of aromatic nitrogens is 1. The maximum Gasteiger partial charge on any atom is 0.129 e. The number of benzene rings is 1. The van der Waals surface area contributed by atoms with Crippen molar-refractivity contribution in [2.45, 2.75) is 26.5 Å². The first kappa shape index (κ1) is 13.7. The first-order chi connectivity index (χ1) is 9.13. The molecule has 0 radical (unpaired) electrons. The molecule has 1 heterocycles. The van der Waals surface area contributed by atoms with Crippen LogP contribution in [0.2, 0.25) is 5.15 Å². The van der Waals surface area contributed by atoms with Crippen molar-refractivity contribution in [2.75, 3.05) is 5.32 Å². The monoisotopic (exact) mass is 276 g/mol. The fraction of sp³-hybridized carbons (Fsp3) is 0.267. The van der Waals surface area contributed by atoms with E-state index in [0.29, 0.717) is 5.15 Å². The van der Waals surface area contributed by atoms with Crippen molar-refractivity contribution in [1.82, 2.24) is 4.98 Å². The van der Waals surface area contributed by atoms with Crippen LogP contribution >= 0.6 is 11.6 Å². The summed E-state index contributed by atoms with van der Waals surface area (Å²) < 4.78 is 5.60. The molecule has 4 heteroatoms. The summed E-state index contributed by atoms with van der Waals surface area (Å²) >= 11 is 5.73. The maximum absolute atomic E-state index is 5.73. The van der Waals surface area contributed by atoms with Crippen molar-refractivity contribution < 1.29 is 4.74 Å². The standard InChI is InChI=1S/C15H17ClN2O/c1-11(2)19-14-6-3-12(4-7-14)9-17-13-5-8-15(16)18-10-13/h3-8,10-11,17H,9H2,1-2H3. The molecule has 0 aliphatic carbocycles. The summed E-state index contributed by atoms with van der Waals surface area (Å²) in [5, 5.41) is 3.79. The lowest BCUT2D eigenvalue weighted by atomic mass is 10.2. The normalized spacial score (nSPS) is 10.5. The second-order valence-corrected chi connectivity index (χ2v) is 4.92. The van der Waals surface area contributed by atoms with Crippen LogP contribution < -0.4 is 10.1 Å². The zero-order valence-electron chi connectivity index (χ0n) is 11.1. The zero-order chi connectivity index (χ0) is 13.7. The van der Waals surface area contributed by atoms with Crippen LogP contribution in [0, 0.1) is 0 Å². The third-order valence-corrected chi connectivity index (χ3v) is 2.74. The molecule has 19 heavy (non-hydrogen) atoms. The van der Waals surface area contributed by atoms with Gasteiger partial charge < -0.3 is 10.1 Å². The molecule has 0 saturated heterocycles. The third kappa shape index (κ3) is 4.45. The van der Waals surface area contributed by atoms with Crippen LogP contribution in [-0.2, 0) is 6.54 Å². The first-order valence-corrected chi connectivity index (χ1v) is 6.62. The number of nitrogens with zero attached hydrogens (tertiary/aromatic N) is 1. The van der Waals surface area contributed by atoms with Crippen LogP contribution in [0.3, 0.4) is 0 Å². The molecule has 0 atom stereocenters. The SMILES string of the molecule is CC(C)Oc1ccc(CNc2ccc(Cl)nc2)cc1. The van der Waals surface area contributed by atoms with Crippen molar-refractivity contribution in [3.63, 3.8) is 0 Å². The topological polar surface area (TPSA) is 34.1 Å². The number of nitrogens with one attached hydrogen (secondary N) is 1. The highest BCUT2D eigenvalue weighted by Crippen LogP contribution is 2.15. The summed E-state index contributed by atoms with van der Waals surface area (Å²) in [5.41, 5.74) is 2.14. The molecule has 0 aliphatic heterocycles. The van der Waals surface area contributed by atoms with E-state index in [1.807, 2.05) is 44.2 Å². The van der Waals surface area contributed by atoms with Crippen molar-refractivity contribution in [3.05, 3.63) is 53.3 Å². The van der Waals surface area contributed by atoms with Crippen molar-refractivity contribution in [3.8, 4) is 5.75 Å². The predicted octanol–water partition coefficient (Wildman–Crippen LogP) is 4.13. The van der Waals surface area contributed by atoms with E-state index in [0.717, 1.165) is 18.0 Å². The van der Waals surface area contributed by atoms with Crippen molar-refractivity contribution in [2.24, 2.45) is 0 Å². The number of hydrogen-bond acceptors (Lipinski definition) is 3. The van der Waals surface area contributed by atoms with E-state index >= 15 is 0 Å². The second-order valence-electron chi connectivity index (χ2n) is 4.53. The Morgan fingerprint density at radius 3 is 2.47 bits per heavy atom. The lowest BCUT2D eigenvalue weighted by molar-refractivity contribution is 0.242. The molecule has 3 nitrogen and oxygen atoms in total. The van der Waals surface area contributed by atoms with E-state index in [4.69, 9.17) is 16.3 Å². The summed E-state index contributed by atoms with van der Waals surface area (Å²) in [6.45, 7) is 4.78. The van der Waals surface area contributed by atoms with E-state index < -0.39 is 0 Å². The summed E-state index contributed by atoms with van der Waals surface area (Å²) in [6, 6.07) is 11.7. The number of rotatable bonds is 5. The molecule has 1 aromatic heterocycles. The average molecular weight is 277 g/mol. The summed E-state index contributed by atoms with van der Waals surface area (Å²) in [6.07, 6.45) is 1.92. The molecule has 0 aliphatic rings. The van der Waals surface area contributed by atoms with Gasteiger partial charge in [0.25, 0.3) is 0 Å². The second kappa shape index (κ2) is 6.43. The summed E-state index contributed by atoms with van der Waals surface area (Å²) in [5.74, 6) is 0.895. The Morgan fingerprint density at radius 2 is 1.89 bits per heavy atom. The highest BCUT2D eigenvalue weighted by Gasteiger charge is 1.99. The van der Waals surface area contributed by atoms with E-state index in [1.54, 1.807) is 12.3 Å². The van der Waals surface area contributed by atoms with Gasteiger partial charge >= 0.3 is 0 Å². The van der Waals surface area contributed by atoms with Crippen LogP contribution in [0.5, 0.6) is 5.75 Å². The van der Waals surface area contributed by atoms with Gasteiger partial charge in [0.05, 0.1) is 18.0 Å². The molecular weight excluding hydrogens is 260 g/mol. The highest BCUT2D eigenvalue weighted by atomic mass is 35.5. The Hall–Kier alpha value is -1.74. The van der Waals surface area contributed by atoms with Crippen LogP contribution in [0.15, 0.2) is 42.6 Å². The van der Waals surface area contributed by atoms with Crippen LogP contribution in [-0.4, -0.2) is 11.1 Å². The largest absolute Gasteiger partial charge is 0.491 e. The quantitative estimate of drug-likeness (QED) is 0.834. The number of hydrogen-bond donors (Lipinski definition) is 1. The minimum absolute atomic E-state index is 0.198. The maximum atomic E-state index is 5.73. The molecule has 1 aromatic carbocycles. The number of ether oxygens (including phenoxy) is 1. The van der Waals surface area contributed by atoms with E-state index in [1.165, 1.54) is 5.56 Å². The fourth-order valence-corrected chi connectivity index (χ4v) is 1.75. The third-order valence-electron chi connectivity index (χ3n) is 2.52. The van der Waals surface area contributed by atoms with Crippen LogP contribution in [0.1, 0.15) is 19.4 Å². The van der Waals surface area contributed by atoms with E-state index in [-0.39, 0.29) is 6.10 Å². The lowest BCUT2D eigenvalue weighted by Gasteiger charge is -2.10. The van der Waals surface area contributed by atoms with Gasteiger partial charge in [0.2, 0.25) is 0 Å². The van der Waals surface area contributed by atoms with Crippen molar-refractivity contribution >= 4 is 17.3 Å². The number of halogens is 1. The minimum atomic E-state index is 0.198. The van der Waals surface area contributed by atoms with Gasteiger partial charge in [0, 0.05) is 6.54 Å². The Labute approximate surface area is 118 Å². The van der Waals surface area contributed by atoms with Gasteiger partial charge in [-0.3, -0.25) is 0 Å². The minimum Gasteiger partial charge on any atom is -0.491 e. The molecule has 0 spiro atoms. The van der Waals surface area contributed by atoms with Gasteiger partial charge in [-0.1, -0.05) is 23.7 Å². The number of anilines is 1. The lowest BCUT2D eigenvalue weighted by Crippen LogP contribution is -2.05. The molecule has 2 rings (SSSR count). The van der Waals surface area contributed by atoms with Gasteiger partial charge in [-0.15, -0.1) is 0 Å². The Kier molecular flexibility index (Phi) is 4.63. The van der Waals surface area contributed by atoms with E-state index in [9.17, 15) is 0 Å². The summed E-state index contributed by atoms with van der Waals surface area (Å²) in [7, 11) is 0. The molecule has 100 valence electrons. The van der Waals surface area contributed by atoms with Crippen LogP contribution in [0.25, 0.3) is 0 Å². The van der Waals surface area contributed by atoms with Gasteiger partial charge in [-0.2, -0.15) is 0 Å². The smallest absolute Gasteiger partial charge is 0.129 e. The fourth-order valence-electron chi connectivity index (χ4n) is 1.64. The molecule has 0 fully saturated rings. The van der Waals surface area contributed by atoms with Crippen molar-refractivity contribution in [1.29, 1.82) is 0 Å². The van der Waals surface area contributed by atoms with Gasteiger partial charge in [-0.25, -0.2) is 4.98 Å². The molecule has 0 saturated carbocycles. The zero-order valence-corrected chi connectivity index (χ0v) is 11.8. The van der Waals surface area contributed by atoms with Gasteiger partial charge in [0.15, 0.2) is 0 Å². The predicted molar refractivity (Wildman–Crippen MR) is 78.8 cm³/mol. The molecule has 2 aromatic rings. The molecule has 0 amide bonds. The Bertz CT molecular complexity index is 509. The summed E-state index contributed by atoms with van der Waals surface area (Å²) in [4.78, 5) is 4.02. The molecular formula is C15H17ClN2O. The Morgan fingerprint density at radius 1 is 1.16 bits per heavy atom. The van der Waals surface area contributed by atoms with Gasteiger partial charge in [-0.05, 0) is 43.7 Å².